The van der Waals surface area contributed by atoms with Gasteiger partial charge < -0.3 is 4.90 Å². The molecule has 0 N–H and O–H groups in total. The van der Waals surface area contributed by atoms with E-state index in [0.717, 1.165) is 17.7 Å². The predicted molar refractivity (Wildman–Crippen MR) is 96.9 cm³/mol. The maximum absolute atomic E-state index is 14.1. The van der Waals surface area contributed by atoms with Crippen molar-refractivity contribution >= 4 is 35.2 Å². The van der Waals surface area contributed by atoms with Crippen molar-refractivity contribution in [1.29, 1.82) is 0 Å². The smallest absolute Gasteiger partial charge is 0.145 e. The Bertz CT molecular complexity index is 729. The van der Waals surface area contributed by atoms with Crippen LogP contribution >= 0.6 is 23.2 Å². The molecule has 0 atom stereocenters. The van der Waals surface area contributed by atoms with Crippen molar-refractivity contribution in [3.05, 3.63) is 62.9 Å². The van der Waals surface area contributed by atoms with Gasteiger partial charge in [0.1, 0.15) is 5.82 Å². The minimum absolute atomic E-state index is 0.120. The first-order valence-corrected chi connectivity index (χ1v) is 8.14. The maximum atomic E-state index is 14.1. The van der Waals surface area contributed by atoms with Crippen LogP contribution in [0, 0.1) is 12.7 Å². The summed E-state index contributed by atoms with van der Waals surface area (Å²) >= 11 is 12.3. The first kappa shape index (κ1) is 17.8. The van der Waals surface area contributed by atoms with Crippen LogP contribution in [0.5, 0.6) is 0 Å². The number of aliphatic imine (C=N–C) groups is 1. The average molecular weight is 353 g/mol. The van der Waals surface area contributed by atoms with Crippen LogP contribution in [-0.4, -0.2) is 24.8 Å². The third-order valence-electron chi connectivity index (χ3n) is 3.58. The van der Waals surface area contributed by atoms with E-state index in [2.05, 4.69) is 4.99 Å². The number of hydrogen-bond acceptors (Lipinski definition) is 1. The number of aryl methyl sites for hydroxylation is 1. The van der Waals surface area contributed by atoms with Gasteiger partial charge in [-0.2, -0.15) is 0 Å². The van der Waals surface area contributed by atoms with Crippen LogP contribution < -0.4 is 0 Å². The number of rotatable bonds is 5. The monoisotopic (exact) mass is 352 g/mol. The number of halogens is 3. The van der Waals surface area contributed by atoms with E-state index in [-0.39, 0.29) is 5.02 Å². The van der Waals surface area contributed by atoms with Crippen LogP contribution in [0.25, 0.3) is 0 Å². The molecule has 2 aromatic rings. The van der Waals surface area contributed by atoms with Gasteiger partial charge in [-0.25, -0.2) is 9.38 Å². The maximum Gasteiger partial charge on any atom is 0.145 e. The van der Waals surface area contributed by atoms with Crippen LogP contribution in [-0.2, 0) is 6.42 Å². The third-order valence-corrected chi connectivity index (χ3v) is 4.31. The van der Waals surface area contributed by atoms with Crippen molar-refractivity contribution in [3.63, 3.8) is 0 Å². The highest BCUT2D eigenvalue weighted by Crippen LogP contribution is 2.32. The Hall–Kier alpha value is -1.58. The Morgan fingerprint density at radius 1 is 1.22 bits per heavy atom. The van der Waals surface area contributed by atoms with Gasteiger partial charge in [-0.15, -0.1) is 0 Å². The highest BCUT2D eigenvalue weighted by molar-refractivity contribution is 6.34. The lowest BCUT2D eigenvalue weighted by Crippen LogP contribution is -2.14. The Morgan fingerprint density at radius 3 is 2.65 bits per heavy atom. The second-order valence-electron chi connectivity index (χ2n) is 5.46. The summed E-state index contributed by atoms with van der Waals surface area (Å²) in [5.74, 6) is -0.400. The SMILES string of the molecule is CCN(C)/C=N\c1cc(C)cc(Cc2cccc(Cl)c2F)c1Cl. The van der Waals surface area contributed by atoms with Gasteiger partial charge in [0.25, 0.3) is 0 Å². The zero-order chi connectivity index (χ0) is 17.0. The third kappa shape index (κ3) is 4.46. The average Bonchev–Trinajstić information content (AvgIpc) is 2.53. The van der Waals surface area contributed by atoms with Crippen molar-refractivity contribution in [1.82, 2.24) is 4.90 Å². The molecule has 0 saturated carbocycles. The second kappa shape index (κ2) is 7.80. The number of benzene rings is 2. The summed E-state index contributed by atoms with van der Waals surface area (Å²) in [4.78, 5) is 6.38. The zero-order valence-electron chi connectivity index (χ0n) is 13.4. The van der Waals surface area contributed by atoms with E-state index in [0.29, 0.717) is 22.7 Å². The predicted octanol–water partition coefficient (Wildman–Crippen LogP) is 5.64. The molecule has 5 heteroatoms. The summed E-state index contributed by atoms with van der Waals surface area (Å²) in [6.45, 7) is 4.86. The number of nitrogens with zero attached hydrogens (tertiary/aromatic N) is 2. The normalized spacial score (nSPS) is 11.2. The molecule has 23 heavy (non-hydrogen) atoms. The van der Waals surface area contributed by atoms with Gasteiger partial charge in [-0.1, -0.05) is 41.4 Å². The molecule has 0 aliphatic heterocycles. The topological polar surface area (TPSA) is 15.6 Å². The quantitative estimate of drug-likeness (QED) is 0.501. The van der Waals surface area contributed by atoms with E-state index < -0.39 is 5.82 Å². The first-order chi connectivity index (χ1) is 10.9. The van der Waals surface area contributed by atoms with E-state index in [4.69, 9.17) is 23.2 Å². The highest BCUT2D eigenvalue weighted by Gasteiger charge is 2.12. The Balaban J connectivity index is 2.38. The lowest BCUT2D eigenvalue weighted by Gasteiger charge is -2.12. The molecule has 0 fully saturated rings. The number of hydrogen-bond donors (Lipinski definition) is 0. The van der Waals surface area contributed by atoms with E-state index in [1.807, 2.05) is 37.9 Å². The highest BCUT2D eigenvalue weighted by atomic mass is 35.5. The van der Waals surface area contributed by atoms with Gasteiger partial charge in [0.2, 0.25) is 0 Å². The molecule has 0 unspecified atom stereocenters. The Morgan fingerprint density at radius 2 is 1.96 bits per heavy atom. The van der Waals surface area contributed by atoms with Crippen LogP contribution in [0.2, 0.25) is 10.0 Å². The molecule has 0 aliphatic carbocycles. The summed E-state index contributed by atoms with van der Waals surface area (Å²) in [6.07, 6.45) is 2.11. The fourth-order valence-corrected chi connectivity index (χ4v) is 2.60. The molecule has 2 rings (SSSR count). The molecule has 2 nitrogen and oxygen atoms in total. The minimum atomic E-state index is -0.400. The van der Waals surface area contributed by atoms with Gasteiger partial charge in [-0.3, -0.25) is 0 Å². The van der Waals surface area contributed by atoms with Gasteiger partial charge in [0.05, 0.1) is 22.1 Å². The van der Waals surface area contributed by atoms with Crippen molar-refractivity contribution in [2.45, 2.75) is 20.3 Å². The largest absolute Gasteiger partial charge is 0.366 e. The first-order valence-electron chi connectivity index (χ1n) is 7.38. The standard InChI is InChI=1S/C18H19Cl2FN2/c1-4-23(3)11-22-16-9-12(2)8-14(17(16)20)10-13-6-5-7-15(19)18(13)21/h5-9,11H,4,10H2,1-3H3/b22-11-. The molecular formula is C18H19Cl2FN2. The Labute approximate surface area is 146 Å². The Kier molecular flexibility index (Phi) is 6.03. The van der Waals surface area contributed by atoms with Gasteiger partial charge in [0, 0.05) is 20.0 Å². The van der Waals surface area contributed by atoms with E-state index in [9.17, 15) is 4.39 Å². The van der Waals surface area contributed by atoms with Crippen molar-refractivity contribution in [2.75, 3.05) is 13.6 Å². The summed E-state index contributed by atoms with van der Waals surface area (Å²) in [5, 5.41) is 0.657. The van der Waals surface area contributed by atoms with Gasteiger partial charge >= 0.3 is 0 Å². The molecule has 122 valence electrons. The molecule has 0 radical (unpaired) electrons. The molecule has 0 aromatic heterocycles. The molecule has 0 aliphatic rings. The fraction of sp³-hybridized carbons (Fsp3) is 0.278. The second-order valence-corrected chi connectivity index (χ2v) is 6.25. The van der Waals surface area contributed by atoms with E-state index in [1.165, 1.54) is 6.07 Å². The zero-order valence-corrected chi connectivity index (χ0v) is 14.9. The molecule has 0 amide bonds. The van der Waals surface area contributed by atoms with Crippen LogP contribution in [0.15, 0.2) is 35.3 Å². The van der Waals surface area contributed by atoms with Crippen LogP contribution in [0.4, 0.5) is 10.1 Å². The van der Waals surface area contributed by atoms with Crippen LogP contribution in [0.1, 0.15) is 23.6 Å². The summed E-state index contributed by atoms with van der Waals surface area (Å²) in [7, 11) is 1.94. The molecule has 2 aromatic carbocycles. The fourth-order valence-electron chi connectivity index (χ4n) is 2.18. The lowest BCUT2D eigenvalue weighted by molar-refractivity contribution is 0.552. The van der Waals surface area contributed by atoms with Crippen molar-refractivity contribution < 1.29 is 4.39 Å². The van der Waals surface area contributed by atoms with E-state index >= 15 is 0 Å². The van der Waals surface area contributed by atoms with Crippen molar-refractivity contribution in [2.24, 2.45) is 4.99 Å². The summed E-state index contributed by atoms with van der Waals surface area (Å²) in [6, 6.07) is 8.85. The molecule has 0 spiro atoms. The van der Waals surface area contributed by atoms with E-state index in [1.54, 1.807) is 18.5 Å². The van der Waals surface area contributed by atoms with Gasteiger partial charge in [-0.05, 0) is 42.7 Å². The molecule has 0 bridgehead atoms. The van der Waals surface area contributed by atoms with Crippen LogP contribution in [0.3, 0.4) is 0 Å². The molecule has 0 saturated heterocycles. The van der Waals surface area contributed by atoms with Crippen molar-refractivity contribution in [3.8, 4) is 0 Å². The summed E-state index contributed by atoms with van der Waals surface area (Å²) in [5.41, 5.74) is 3.06. The van der Waals surface area contributed by atoms with Gasteiger partial charge in [0.15, 0.2) is 0 Å². The molecule has 0 heterocycles. The molecular weight excluding hydrogens is 334 g/mol. The lowest BCUT2D eigenvalue weighted by atomic mass is 10.0. The minimum Gasteiger partial charge on any atom is -0.366 e. The summed E-state index contributed by atoms with van der Waals surface area (Å²) < 4.78 is 14.1.